The van der Waals surface area contributed by atoms with Gasteiger partial charge in [0.2, 0.25) is 53.2 Å². The van der Waals surface area contributed by atoms with Gasteiger partial charge in [0.1, 0.15) is 54.4 Å². The van der Waals surface area contributed by atoms with E-state index in [9.17, 15) is 132 Å². The molecule has 1 aliphatic heterocycles. The first-order valence-electron chi connectivity index (χ1n) is 42.9. The normalized spacial score (nSPS) is 16.8. The Balaban J connectivity index is 1.03. The third-order valence-electron chi connectivity index (χ3n) is 22.1. The number of imidazole rings is 3. The molecule has 3 aromatic heterocycles. The lowest BCUT2D eigenvalue weighted by Gasteiger charge is -2.33. The van der Waals surface area contributed by atoms with Gasteiger partial charge in [-0.2, -0.15) is 0 Å². The van der Waals surface area contributed by atoms with Crippen LogP contribution in [0.3, 0.4) is 0 Å². The van der Waals surface area contributed by atoms with E-state index >= 15 is 0 Å². The molecule has 132 heavy (non-hydrogen) atoms. The molecule has 11 amide bonds. The standard InChI is InChI=1S/C83H115N21O28/c105-65(41-101-25-27-102(42-70(114)115)29-31-104(44-72(118)119)32-30-103(28-26-101)43-71(116)117)88-37-48-8-12-51(13-9-48)73(120)92-57(16-20-66(106)107)77(124)97-63(35-54-39-85-46-90-54)79(126)95-58(17-21-67(108)109)76(123)93-56(15-14-53-38-84-45-89-53)75(122)94-59(18-22-68(110)111)78(125)98-64(36-55-40-86-47-91-55)80(127)96-62(34-49-10-11-50-5-1-2-6-52(50)33-49)74(121)87-24-4-3-7-60(81(128)129)99-83(132)100-61(82(130)131)19-23-69(112)113/h1-2,5-6,10-11,33,38-40,45-48,51,56-64H,3-4,7-9,12-32,34-37,41-44H2,(H,84,89)(H,85,90)(H,86,91)(H,87,121)(H,88,105)(H,92,120)(H,93,123)(H,94,122)(H,95,126)(H,96,127)(H,97,124)(H,98,125)(H,106,107)(H,108,109)(H,110,111)(H,112,113)(H,114,115)(H,116,117)(H,118,119)(H,128,129)(H,130,131)(H2,99,100,132)/t48?,51?,56-,57-,58-,59-,60-,61-,62-,63-,64-/m0/s1. The Labute approximate surface area is 754 Å². The van der Waals surface area contributed by atoms with E-state index in [1.54, 1.807) is 43.9 Å². The van der Waals surface area contributed by atoms with Crippen LogP contribution in [0.4, 0.5) is 4.79 Å². The fraction of sp³-hybridized carbons (Fsp3) is 0.542. The van der Waals surface area contributed by atoms with Crippen molar-refractivity contribution in [3.8, 4) is 0 Å². The first-order chi connectivity index (χ1) is 62.9. The van der Waals surface area contributed by atoms with Crippen molar-refractivity contribution in [1.29, 1.82) is 0 Å². The zero-order valence-electron chi connectivity index (χ0n) is 72.3. The molecule has 49 nitrogen and oxygen atoms in total. The number of carbonyl (C=O) groups excluding carboxylic acids is 10. The number of aromatic amines is 3. The molecule has 23 N–H and O–H groups in total. The minimum absolute atomic E-state index is 0.0339. The second-order valence-electron chi connectivity index (χ2n) is 32.2. The Kier molecular flexibility index (Phi) is 43.3. The van der Waals surface area contributed by atoms with Gasteiger partial charge in [0.25, 0.3) is 0 Å². The molecule has 1 saturated carbocycles. The van der Waals surface area contributed by atoms with Crippen LogP contribution in [0.25, 0.3) is 10.8 Å². The van der Waals surface area contributed by atoms with E-state index in [2.05, 4.69) is 83.1 Å². The number of amides is 11. The molecule has 0 bridgehead atoms. The zero-order valence-corrected chi connectivity index (χ0v) is 72.3. The van der Waals surface area contributed by atoms with Crippen molar-refractivity contribution in [1.82, 2.24) is 108 Å². The van der Waals surface area contributed by atoms with Crippen LogP contribution in [0.2, 0.25) is 0 Å². The maximum atomic E-state index is 14.9. The fourth-order valence-corrected chi connectivity index (χ4v) is 14.9. The molecule has 4 heterocycles. The van der Waals surface area contributed by atoms with Gasteiger partial charge in [0.05, 0.1) is 62.2 Å². The van der Waals surface area contributed by atoms with Gasteiger partial charge in [0, 0.05) is 135 Å². The molecule has 0 spiro atoms. The second kappa shape index (κ2) is 54.4. The number of carboxylic acids is 9. The van der Waals surface area contributed by atoms with Crippen LogP contribution in [-0.4, -0.2) is 354 Å². The molecule has 5 aromatic rings. The summed E-state index contributed by atoms with van der Waals surface area (Å²) >= 11 is 0. The van der Waals surface area contributed by atoms with Gasteiger partial charge < -0.3 is 119 Å². The predicted octanol–water partition coefficient (Wildman–Crippen LogP) is -3.59. The van der Waals surface area contributed by atoms with Gasteiger partial charge in [-0.25, -0.2) is 29.3 Å². The number of fused-ring (bicyclic) bond motifs is 1. The molecule has 2 aromatic carbocycles. The number of carbonyl (C=O) groups is 19. The lowest BCUT2D eigenvalue weighted by molar-refractivity contribution is -0.141. The monoisotopic (exact) mass is 1850 g/mol. The van der Waals surface area contributed by atoms with Crippen molar-refractivity contribution in [2.45, 2.75) is 183 Å². The van der Waals surface area contributed by atoms with Crippen LogP contribution in [0.5, 0.6) is 0 Å². The number of H-pyrrole nitrogens is 3. The van der Waals surface area contributed by atoms with E-state index in [4.69, 9.17) is 5.11 Å². The first kappa shape index (κ1) is 105. The Bertz CT molecular complexity index is 4710. The molecule has 49 heteroatoms. The van der Waals surface area contributed by atoms with Gasteiger partial charge in [-0.1, -0.05) is 42.5 Å². The van der Waals surface area contributed by atoms with Crippen LogP contribution in [0.1, 0.15) is 125 Å². The highest BCUT2D eigenvalue weighted by Crippen LogP contribution is 2.29. The van der Waals surface area contributed by atoms with Crippen molar-refractivity contribution in [3.05, 3.63) is 103 Å². The van der Waals surface area contributed by atoms with Gasteiger partial charge in [-0.05, 0) is 106 Å². The van der Waals surface area contributed by atoms with E-state index < -0.39 is 237 Å². The SMILES string of the molecule is O=C(O)CC[C@H](NC(=O)N[C@@H](CCCCNC(=O)[C@H](Cc1ccc2ccccc2c1)NC(=O)[C@H](Cc1c[nH]cn1)NC(=O)[C@H](CCC(=O)O)NC(=O)[C@H](CCc1c[nH]cn1)NC(=O)[C@H](CCC(=O)O)NC(=O)[C@H](Cc1c[nH]cn1)NC(=O)[C@H](CCC(=O)O)NC(=O)C1CCC(CNC(=O)CN2CCN(CC(=O)O)CCN(CC(=O)O)CCN(CC(=O)O)CC2)CC1)C(=O)O)C(=O)O. The molecule has 720 valence electrons. The van der Waals surface area contributed by atoms with Crippen molar-refractivity contribution in [2.75, 3.05) is 91.6 Å². The van der Waals surface area contributed by atoms with Crippen LogP contribution in [0.15, 0.2) is 80.0 Å². The number of hydrogen-bond acceptors (Lipinski definition) is 26. The van der Waals surface area contributed by atoms with E-state index in [0.717, 1.165) is 10.8 Å². The van der Waals surface area contributed by atoms with E-state index in [1.807, 2.05) is 23.5 Å². The van der Waals surface area contributed by atoms with E-state index in [0.29, 0.717) is 24.1 Å². The summed E-state index contributed by atoms with van der Waals surface area (Å²) in [5.41, 5.74) is 1.17. The summed E-state index contributed by atoms with van der Waals surface area (Å²) in [6.45, 7) is 0.267. The summed E-state index contributed by atoms with van der Waals surface area (Å²) in [7, 11) is 0. The van der Waals surface area contributed by atoms with Crippen LogP contribution in [-0.2, 0) is 112 Å². The largest absolute Gasteiger partial charge is 0.481 e. The van der Waals surface area contributed by atoms with Gasteiger partial charge in [0.15, 0.2) is 0 Å². The molecule has 2 fully saturated rings. The van der Waals surface area contributed by atoms with E-state index in [-0.39, 0.29) is 160 Å². The molecule has 0 unspecified atom stereocenters. The zero-order chi connectivity index (χ0) is 96.3. The molecule has 1 aliphatic carbocycles. The summed E-state index contributed by atoms with van der Waals surface area (Å²) in [6, 6.07) is -3.94. The average molecular weight is 1850 g/mol. The second-order valence-corrected chi connectivity index (χ2v) is 32.2. The summed E-state index contributed by atoms with van der Waals surface area (Å²) in [5, 5.41) is 116. The maximum Gasteiger partial charge on any atom is 0.326 e. The summed E-state index contributed by atoms with van der Waals surface area (Å²) < 4.78 is 0. The topological polar surface area (TPSA) is 738 Å². The molecular formula is C83H115N21O28. The number of hydrogen-bond donors (Lipinski definition) is 23. The first-order valence-corrected chi connectivity index (χ1v) is 42.9. The molecular weight excluding hydrogens is 1740 g/mol. The quantitative estimate of drug-likeness (QED) is 0.0167. The highest BCUT2D eigenvalue weighted by molar-refractivity contribution is 5.99. The number of nitrogens with one attached hydrogen (secondary N) is 14. The minimum atomic E-state index is -1.88. The van der Waals surface area contributed by atoms with Crippen LogP contribution >= 0.6 is 0 Å². The van der Waals surface area contributed by atoms with E-state index in [1.165, 1.54) is 37.6 Å². The van der Waals surface area contributed by atoms with Crippen molar-refractivity contribution in [2.24, 2.45) is 11.8 Å². The summed E-state index contributed by atoms with van der Waals surface area (Å²) in [6.07, 6.45) is 2.34. The number of rotatable bonds is 55. The van der Waals surface area contributed by atoms with Crippen molar-refractivity contribution < 1.29 is 137 Å². The molecule has 2 aliphatic rings. The molecule has 1 saturated heterocycles. The number of nitrogens with zero attached hydrogens (tertiary/aromatic N) is 7. The Morgan fingerprint density at radius 2 is 0.727 bits per heavy atom. The number of aryl methyl sites for hydroxylation is 1. The van der Waals surface area contributed by atoms with Crippen molar-refractivity contribution in [3.63, 3.8) is 0 Å². The molecule has 9 atom stereocenters. The Hall–Kier alpha value is -14.1. The Morgan fingerprint density at radius 3 is 1.14 bits per heavy atom. The van der Waals surface area contributed by atoms with Gasteiger partial charge >= 0.3 is 59.8 Å². The van der Waals surface area contributed by atoms with Crippen LogP contribution < -0.4 is 58.5 Å². The lowest BCUT2D eigenvalue weighted by Crippen LogP contribution is -2.60. The number of urea groups is 1. The van der Waals surface area contributed by atoms with Gasteiger partial charge in [-0.15, -0.1) is 0 Å². The number of unbranched alkanes of at least 4 members (excludes halogenated alkanes) is 1. The number of aliphatic carboxylic acids is 9. The third-order valence-corrected chi connectivity index (χ3v) is 22.1. The molecule has 7 rings (SSSR count). The average Bonchev–Trinajstić information content (AvgIpc) is 0.972. The highest BCUT2D eigenvalue weighted by Gasteiger charge is 2.38. The van der Waals surface area contributed by atoms with Crippen LogP contribution in [0, 0.1) is 11.8 Å². The van der Waals surface area contributed by atoms with Gasteiger partial charge in [-0.3, -0.25) is 96.3 Å². The van der Waals surface area contributed by atoms with Crippen molar-refractivity contribution >= 4 is 124 Å². The highest BCUT2D eigenvalue weighted by atomic mass is 16.4. The molecule has 0 radical (unpaired) electrons. The third kappa shape index (κ3) is 38.7. The summed E-state index contributed by atoms with van der Waals surface area (Å²) in [4.78, 5) is 278. The smallest absolute Gasteiger partial charge is 0.326 e. The minimum Gasteiger partial charge on any atom is -0.481 e. The maximum absolute atomic E-state index is 14.9. The predicted molar refractivity (Wildman–Crippen MR) is 459 cm³/mol. The number of benzene rings is 2. The Morgan fingerprint density at radius 1 is 0.356 bits per heavy atom. The number of carboxylic acid groups (broad SMARTS) is 9. The number of aromatic nitrogens is 6. The fourth-order valence-electron chi connectivity index (χ4n) is 14.9. The summed E-state index contributed by atoms with van der Waals surface area (Å²) in [5.74, 6) is -21.6. The lowest BCUT2D eigenvalue weighted by atomic mass is 9.81.